The van der Waals surface area contributed by atoms with Crippen molar-refractivity contribution < 1.29 is 0 Å². The standard InChI is InChI=1S/C14H12ClN3/c1-9-5-12-13(6-10(9)2)18(8-17-12)14-4-3-11(15)7-16-14/h3-8H,1-2H3. The first-order chi connectivity index (χ1) is 8.65. The zero-order valence-electron chi connectivity index (χ0n) is 10.2. The van der Waals surface area contributed by atoms with Crippen LogP contribution in [0.15, 0.2) is 36.8 Å². The maximum Gasteiger partial charge on any atom is 0.138 e. The number of pyridine rings is 1. The molecule has 2 aromatic heterocycles. The van der Waals surface area contributed by atoms with E-state index in [1.807, 2.05) is 16.7 Å². The number of hydrogen-bond donors (Lipinski definition) is 0. The summed E-state index contributed by atoms with van der Waals surface area (Å²) < 4.78 is 1.97. The Balaban J connectivity index is 2.23. The van der Waals surface area contributed by atoms with E-state index in [9.17, 15) is 0 Å². The molecule has 18 heavy (non-hydrogen) atoms. The van der Waals surface area contributed by atoms with Crippen LogP contribution in [0, 0.1) is 13.8 Å². The Morgan fingerprint density at radius 3 is 2.56 bits per heavy atom. The molecule has 3 nitrogen and oxygen atoms in total. The lowest BCUT2D eigenvalue weighted by atomic mass is 10.1. The van der Waals surface area contributed by atoms with Crippen molar-refractivity contribution in [3.63, 3.8) is 0 Å². The molecule has 1 aromatic carbocycles. The molecule has 0 fully saturated rings. The fourth-order valence-corrected chi connectivity index (χ4v) is 2.07. The van der Waals surface area contributed by atoms with Crippen molar-refractivity contribution in [2.45, 2.75) is 13.8 Å². The summed E-state index contributed by atoms with van der Waals surface area (Å²) in [6.45, 7) is 4.19. The van der Waals surface area contributed by atoms with Gasteiger partial charge in [0.2, 0.25) is 0 Å². The molecule has 0 N–H and O–H groups in total. The Hall–Kier alpha value is -1.87. The Kier molecular flexibility index (Phi) is 2.56. The monoisotopic (exact) mass is 257 g/mol. The molecule has 0 bridgehead atoms. The number of halogens is 1. The van der Waals surface area contributed by atoms with Gasteiger partial charge in [-0.2, -0.15) is 0 Å². The average Bonchev–Trinajstić information content (AvgIpc) is 2.74. The van der Waals surface area contributed by atoms with E-state index in [0.29, 0.717) is 5.02 Å². The topological polar surface area (TPSA) is 30.7 Å². The fourth-order valence-electron chi connectivity index (χ4n) is 1.96. The summed E-state index contributed by atoms with van der Waals surface area (Å²) in [6.07, 6.45) is 3.43. The second-order valence-electron chi connectivity index (χ2n) is 4.37. The van der Waals surface area contributed by atoms with Crippen molar-refractivity contribution in [3.05, 3.63) is 52.9 Å². The van der Waals surface area contributed by atoms with E-state index < -0.39 is 0 Å². The predicted molar refractivity (Wildman–Crippen MR) is 73.3 cm³/mol. The van der Waals surface area contributed by atoms with Gasteiger partial charge in [-0.1, -0.05) is 11.6 Å². The Bertz CT molecular complexity index is 714. The summed E-state index contributed by atoms with van der Waals surface area (Å²) >= 11 is 5.85. The molecule has 0 spiro atoms. The minimum Gasteiger partial charge on any atom is -0.283 e. The maximum atomic E-state index is 5.85. The third-order valence-electron chi connectivity index (χ3n) is 3.12. The lowest BCUT2D eigenvalue weighted by molar-refractivity contribution is 1.02. The van der Waals surface area contributed by atoms with Gasteiger partial charge in [0.1, 0.15) is 12.1 Å². The number of imidazole rings is 1. The van der Waals surface area contributed by atoms with Crippen LogP contribution in [0.1, 0.15) is 11.1 Å². The number of aryl methyl sites for hydroxylation is 2. The van der Waals surface area contributed by atoms with Gasteiger partial charge in [0.05, 0.1) is 16.1 Å². The number of aromatic nitrogens is 3. The van der Waals surface area contributed by atoms with E-state index in [1.54, 1.807) is 12.5 Å². The smallest absolute Gasteiger partial charge is 0.138 e. The molecular weight excluding hydrogens is 246 g/mol. The molecule has 0 saturated heterocycles. The number of nitrogens with zero attached hydrogens (tertiary/aromatic N) is 3. The van der Waals surface area contributed by atoms with Crippen LogP contribution in [0.3, 0.4) is 0 Å². The van der Waals surface area contributed by atoms with Crippen molar-refractivity contribution in [2.24, 2.45) is 0 Å². The van der Waals surface area contributed by atoms with Gasteiger partial charge < -0.3 is 0 Å². The molecule has 4 heteroatoms. The summed E-state index contributed by atoms with van der Waals surface area (Å²) in [6, 6.07) is 7.94. The summed E-state index contributed by atoms with van der Waals surface area (Å²) in [5.74, 6) is 0.824. The van der Waals surface area contributed by atoms with Crippen LogP contribution in [0.5, 0.6) is 0 Å². The largest absolute Gasteiger partial charge is 0.283 e. The van der Waals surface area contributed by atoms with E-state index in [2.05, 4.69) is 35.9 Å². The highest BCUT2D eigenvalue weighted by molar-refractivity contribution is 6.30. The highest BCUT2D eigenvalue weighted by Crippen LogP contribution is 2.21. The van der Waals surface area contributed by atoms with Gasteiger partial charge in [-0.3, -0.25) is 4.57 Å². The summed E-state index contributed by atoms with van der Waals surface area (Å²) in [5.41, 5.74) is 4.54. The fraction of sp³-hybridized carbons (Fsp3) is 0.143. The van der Waals surface area contributed by atoms with Gasteiger partial charge in [0.25, 0.3) is 0 Å². The second kappa shape index (κ2) is 4.10. The zero-order chi connectivity index (χ0) is 12.7. The van der Waals surface area contributed by atoms with Gasteiger partial charge in [-0.25, -0.2) is 9.97 Å². The van der Waals surface area contributed by atoms with Crippen molar-refractivity contribution in [2.75, 3.05) is 0 Å². The molecule has 0 saturated carbocycles. The first kappa shape index (κ1) is 11.2. The van der Waals surface area contributed by atoms with Crippen LogP contribution in [-0.4, -0.2) is 14.5 Å². The molecule has 90 valence electrons. The molecule has 0 radical (unpaired) electrons. The molecule has 2 heterocycles. The lowest BCUT2D eigenvalue weighted by Crippen LogP contribution is -1.95. The van der Waals surface area contributed by atoms with Gasteiger partial charge in [0, 0.05) is 6.20 Å². The Labute approximate surface area is 110 Å². The number of benzene rings is 1. The highest BCUT2D eigenvalue weighted by Gasteiger charge is 2.07. The number of hydrogen-bond acceptors (Lipinski definition) is 2. The van der Waals surface area contributed by atoms with Gasteiger partial charge in [-0.15, -0.1) is 0 Å². The molecular formula is C14H12ClN3. The van der Waals surface area contributed by atoms with Crippen LogP contribution >= 0.6 is 11.6 Å². The van der Waals surface area contributed by atoms with E-state index in [4.69, 9.17) is 11.6 Å². The summed E-state index contributed by atoms with van der Waals surface area (Å²) in [5, 5.41) is 0.634. The van der Waals surface area contributed by atoms with E-state index in [0.717, 1.165) is 16.9 Å². The van der Waals surface area contributed by atoms with E-state index in [-0.39, 0.29) is 0 Å². The SMILES string of the molecule is Cc1cc2ncn(-c3ccc(Cl)cn3)c2cc1C. The van der Waals surface area contributed by atoms with Crippen LogP contribution < -0.4 is 0 Å². The maximum absolute atomic E-state index is 5.85. The van der Waals surface area contributed by atoms with Crippen LogP contribution in [0.25, 0.3) is 16.9 Å². The molecule has 0 aliphatic rings. The molecule has 3 aromatic rings. The molecule has 0 aliphatic heterocycles. The van der Waals surface area contributed by atoms with Crippen molar-refractivity contribution in [1.29, 1.82) is 0 Å². The molecule has 0 amide bonds. The third kappa shape index (κ3) is 1.77. The first-order valence-electron chi connectivity index (χ1n) is 5.71. The summed E-state index contributed by atoms with van der Waals surface area (Å²) in [4.78, 5) is 8.72. The van der Waals surface area contributed by atoms with Crippen LogP contribution in [0.2, 0.25) is 5.02 Å². The Morgan fingerprint density at radius 1 is 1.06 bits per heavy atom. The predicted octanol–water partition coefficient (Wildman–Crippen LogP) is 3.69. The van der Waals surface area contributed by atoms with E-state index >= 15 is 0 Å². The van der Waals surface area contributed by atoms with Crippen molar-refractivity contribution >= 4 is 22.6 Å². The molecule has 0 unspecified atom stereocenters. The highest BCUT2D eigenvalue weighted by atomic mass is 35.5. The van der Waals surface area contributed by atoms with Gasteiger partial charge in [0.15, 0.2) is 0 Å². The van der Waals surface area contributed by atoms with Crippen LogP contribution in [-0.2, 0) is 0 Å². The number of rotatable bonds is 1. The quantitative estimate of drug-likeness (QED) is 0.666. The van der Waals surface area contributed by atoms with Crippen LogP contribution in [0.4, 0.5) is 0 Å². The van der Waals surface area contributed by atoms with E-state index in [1.165, 1.54) is 11.1 Å². The molecule has 0 aliphatic carbocycles. The third-order valence-corrected chi connectivity index (χ3v) is 3.34. The van der Waals surface area contributed by atoms with Gasteiger partial charge >= 0.3 is 0 Å². The van der Waals surface area contributed by atoms with Crippen molar-refractivity contribution in [3.8, 4) is 5.82 Å². The molecule has 0 atom stereocenters. The normalized spacial score (nSPS) is 11.1. The minimum absolute atomic E-state index is 0.634. The first-order valence-corrected chi connectivity index (χ1v) is 6.09. The van der Waals surface area contributed by atoms with Gasteiger partial charge in [-0.05, 0) is 49.2 Å². The molecule has 3 rings (SSSR count). The Morgan fingerprint density at radius 2 is 1.83 bits per heavy atom. The van der Waals surface area contributed by atoms with Crippen molar-refractivity contribution in [1.82, 2.24) is 14.5 Å². The summed E-state index contributed by atoms with van der Waals surface area (Å²) in [7, 11) is 0. The lowest BCUT2D eigenvalue weighted by Gasteiger charge is -2.05. The minimum atomic E-state index is 0.634. The average molecular weight is 258 g/mol. The number of fused-ring (bicyclic) bond motifs is 1. The zero-order valence-corrected chi connectivity index (χ0v) is 10.9. The second-order valence-corrected chi connectivity index (χ2v) is 4.81.